The van der Waals surface area contributed by atoms with Crippen LogP contribution in [0.2, 0.25) is 0 Å². The van der Waals surface area contributed by atoms with Crippen LogP contribution in [0.3, 0.4) is 0 Å². The Morgan fingerprint density at radius 3 is 1.94 bits per heavy atom. The van der Waals surface area contributed by atoms with Gasteiger partial charge in [0.15, 0.2) is 0 Å². The van der Waals surface area contributed by atoms with Crippen molar-refractivity contribution in [3.05, 3.63) is 12.2 Å². The fraction of sp³-hybridized carbons (Fsp3) is 0.750. The highest BCUT2D eigenvalue weighted by atomic mass is 16.3. The minimum atomic E-state index is -0.956. The molecule has 2 N–H and O–H groups in total. The van der Waals surface area contributed by atoms with Crippen LogP contribution in [0.25, 0.3) is 0 Å². The maximum Gasteiger partial charge on any atom is 0.123 e. The molecule has 0 aromatic heterocycles. The molecule has 0 heterocycles. The van der Waals surface area contributed by atoms with Crippen molar-refractivity contribution in [3.8, 4) is 11.8 Å². The number of aliphatic hydroxyl groups is 2. The van der Waals surface area contributed by atoms with Crippen LogP contribution in [0, 0.1) is 23.7 Å². The van der Waals surface area contributed by atoms with Crippen LogP contribution in [0.1, 0.15) is 54.4 Å². The molecule has 104 valence electrons. The molecule has 0 bridgehead atoms. The number of rotatable bonds is 5. The fourth-order valence-electron chi connectivity index (χ4n) is 2.16. The molecule has 0 saturated heterocycles. The Morgan fingerprint density at radius 2 is 1.50 bits per heavy atom. The Bertz CT molecular complexity index is 325. The summed E-state index contributed by atoms with van der Waals surface area (Å²) in [5.41, 5.74) is -1.78. The summed E-state index contributed by atoms with van der Waals surface area (Å²) in [6, 6.07) is 0. The highest BCUT2D eigenvalue weighted by Gasteiger charge is 2.19. The number of hydrogen-bond acceptors (Lipinski definition) is 2. The van der Waals surface area contributed by atoms with E-state index in [1.165, 1.54) is 0 Å². The minimum absolute atomic E-state index is 0.405. The van der Waals surface area contributed by atoms with Gasteiger partial charge in [-0.05, 0) is 50.7 Å². The van der Waals surface area contributed by atoms with Crippen LogP contribution >= 0.6 is 0 Å². The average molecular weight is 252 g/mol. The Balaban J connectivity index is 4.48. The van der Waals surface area contributed by atoms with E-state index in [0.717, 1.165) is 0 Å². The summed E-state index contributed by atoms with van der Waals surface area (Å²) in [4.78, 5) is 0. The average Bonchev–Trinajstić information content (AvgIpc) is 2.08. The fourth-order valence-corrected chi connectivity index (χ4v) is 2.16. The third-order valence-corrected chi connectivity index (χ3v) is 2.49. The van der Waals surface area contributed by atoms with Gasteiger partial charge in [-0.2, -0.15) is 0 Å². The molecule has 0 aliphatic rings. The molecule has 2 unspecified atom stereocenters. The maximum absolute atomic E-state index is 10.0. The Hall–Kier alpha value is -0.780. The van der Waals surface area contributed by atoms with Crippen molar-refractivity contribution in [2.75, 3.05) is 0 Å². The highest BCUT2D eigenvalue weighted by Crippen LogP contribution is 2.17. The number of allylic oxidation sites excluding steroid dienone is 1. The third kappa shape index (κ3) is 9.27. The zero-order chi connectivity index (χ0) is 14.4. The molecule has 0 aromatic carbocycles. The lowest BCUT2D eigenvalue weighted by atomic mass is 9.93. The van der Waals surface area contributed by atoms with E-state index in [-0.39, 0.29) is 0 Å². The second kappa shape index (κ2) is 6.97. The Morgan fingerprint density at radius 1 is 1.00 bits per heavy atom. The van der Waals surface area contributed by atoms with E-state index in [9.17, 15) is 10.2 Å². The quantitative estimate of drug-likeness (QED) is 0.738. The lowest BCUT2D eigenvalue weighted by Gasteiger charge is -2.20. The topological polar surface area (TPSA) is 40.5 Å². The highest BCUT2D eigenvalue weighted by molar-refractivity contribution is 5.23. The first-order valence-electron chi connectivity index (χ1n) is 6.69. The zero-order valence-electron chi connectivity index (χ0n) is 12.6. The van der Waals surface area contributed by atoms with E-state index >= 15 is 0 Å². The zero-order valence-corrected chi connectivity index (χ0v) is 12.6. The van der Waals surface area contributed by atoms with Crippen LogP contribution in [0.5, 0.6) is 0 Å². The van der Waals surface area contributed by atoms with E-state index in [2.05, 4.69) is 39.5 Å². The molecule has 0 radical (unpaired) electrons. The van der Waals surface area contributed by atoms with Crippen molar-refractivity contribution in [1.82, 2.24) is 0 Å². The van der Waals surface area contributed by atoms with Crippen LogP contribution in [-0.4, -0.2) is 21.4 Å². The number of hydrogen-bond donors (Lipinski definition) is 2. The molecule has 2 heteroatoms. The molecule has 0 amide bonds. The first-order valence-corrected chi connectivity index (χ1v) is 6.69. The minimum Gasteiger partial charge on any atom is -0.386 e. The molecular weight excluding hydrogens is 224 g/mol. The Labute approximate surface area is 112 Å². The van der Waals surface area contributed by atoms with E-state index in [1.54, 1.807) is 26.0 Å². The molecule has 2 atom stereocenters. The summed E-state index contributed by atoms with van der Waals surface area (Å²) in [5.74, 6) is 6.48. The van der Waals surface area contributed by atoms with Crippen molar-refractivity contribution in [3.63, 3.8) is 0 Å². The molecule has 0 aromatic rings. The lowest BCUT2D eigenvalue weighted by Crippen LogP contribution is -2.24. The van der Waals surface area contributed by atoms with Gasteiger partial charge in [0.25, 0.3) is 0 Å². The van der Waals surface area contributed by atoms with Crippen molar-refractivity contribution in [2.45, 2.75) is 65.6 Å². The van der Waals surface area contributed by atoms with Gasteiger partial charge in [-0.25, -0.2) is 0 Å². The SMILES string of the molecule is CC(C)CC(C)(O)C#C/C=C/C(C)(O)CC(C)C. The summed E-state index contributed by atoms with van der Waals surface area (Å²) in [7, 11) is 0. The molecule has 0 fully saturated rings. The van der Waals surface area contributed by atoms with E-state index < -0.39 is 11.2 Å². The second-order valence-corrected chi connectivity index (χ2v) is 6.43. The monoisotopic (exact) mass is 252 g/mol. The largest absolute Gasteiger partial charge is 0.386 e. The summed E-state index contributed by atoms with van der Waals surface area (Å²) < 4.78 is 0. The summed E-state index contributed by atoms with van der Waals surface area (Å²) in [6.45, 7) is 11.7. The van der Waals surface area contributed by atoms with E-state index in [1.807, 2.05) is 0 Å². The molecule has 2 nitrogen and oxygen atoms in total. The first-order chi connectivity index (χ1) is 8.04. The van der Waals surface area contributed by atoms with Gasteiger partial charge in [0.05, 0.1) is 5.60 Å². The first kappa shape index (κ1) is 17.2. The maximum atomic E-state index is 10.0. The Kier molecular flexibility index (Phi) is 6.67. The van der Waals surface area contributed by atoms with Gasteiger partial charge >= 0.3 is 0 Å². The normalized spacial score (nSPS) is 18.6. The molecule has 0 saturated carbocycles. The predicted octanol–water partition coefficient (Wildman–Crippen LogP) is 3.14. The molecule has 0 aliphatic heterocycles. The third-order valence-electron chi connectivity index (χ3n) is 2.49. The van der Waals surface area contributed by atoms with Gasteiger partial charge in [0.1, 0.15) is 5.60 Å². The smallest absolute Gasteiger partial charge is 0.123 e. The van der Waals surface area contributed by atoms with Crippen LogP contribution in [0.15, 0.2) is 12.2 Å². The lowest BCUT2D eigenvalue weighted by molar-refractivity contribution is 0.0875. The van der Waals surface area contributed by atoms with Crippen molar-refractivity contribution >= 4 is 0 Å². The van der Waals surface area contributed by atoms with Gasteiger partial charge in [-0.3, -0.25) is 0 Å². The van der Waals surface area contributed by atoms with Crippen molar-refractivity contribution < 1.29 is 10.2 Å². The van der Waals surface area contributed by atoms with Gasteiger partial charge in [0.2, 0.25) is 0 Å². The van der Waals surface area contributed by atoms with Crippen molar-refractivity contribution in [2.24, 2.45) is 11.8 Å². The molecule has 0 aliphatic carbocycles. The van der Waals surface area contributed by atoms with Crippen LogP contribution < -0.4 is 0 Å². The second-order valence-electron chi connectivity index (χ2n) is 6.43. The van der Waals surface area contributed by atoms with Gasteiger partial charge in [0, 0.05) is 0 Å². The molecule has 0 rings (SSSR count). The van der Waals surface area contributed by atoms with Gasteiger partial charge in [-0.15, -0.1) is 0 Å². The summed E-state index contributed by atoms with van der Waals surface area (Å²) in [5, 5.41) is 20.0. The van der Waals surface area contributed by atoms with Gasteiger partial charge < -0.3 is 10.2 Å². The predicted molar refractivity (Wildman–Crippen MR) is 77.1 cm³/mol. The van der Waals surface area contributed by atoms with Crippen LogP contribution in [-0.2, 0) is 0 Å². The standard InChI is InChI=1S/C16H28O2/c1-13(2)11-15(5,17)9-7-8-10-16(6,18)12-14(3)4/h7,9,13-14,17-18H,11-12H2,1-6H3/b9-7+. The van der Waals surface area contributed by atoms with Gasteiger partial charge in [-0.1, -0.05) is 39.5 Å². The van der Waals surface area contributed by atoms with Crippen molar-refractivity contribution in [1.29, 1.82) is 0 Å². The van der Waals surface area contributed by atoms with E-state index in [0.29, 0.717) is 24.7 Å². The summed E-state index contributed by atoms with van der Waals surface area (Å²) in [6.07, 6.45) is 4.69. The molecular formula is C16H28O2. The summed E-state index contributed by atoms with van der Waals surface area (Å²) >= 11 is 0. The van der Waals surface area contributed by atoms with E-state index in [4.69, 9.17) is 0 Å². The molecule has 18 heavy (non-hydrogen) atoms. The molecule has 0 spiro atoms. The van der Waals surface area contributed by atoms with Crippen LogP contribution in [0.4, 0.5) is 0 Å².